The van der Waals surface area contributed by atoms with E-state index >= 15 is 0 Å². The Balaban J connectivity index is 1.55. The first kappa shape index (κ1) is 21.4. The molecule has 2 heterocycles. The number of thiazole rings is 1. The second-order valence-corrected chi connectivity index (χ2v) is 8.56. The molecule has 0 spiro atoms. The summed E-state index contributed by atoms with van der Waals surface area (Å²) in [6, 6.07) is 11.0. The maximum atomic E-state index is 12.9. The number of aromatic nitrogens is 1. The standard InChI is InChI=1S/C23H20N4O4S/c1-13(2)12-27-21(30)15-8-7-14(11-17(15)22(27)31)19(28)25-18-6-4-3-5-16(18)20(29)26-23-24-9-10-32-23/h3-11,13H,12H2,1-2H3,(H,25,28)(H,24,26,29). The molecule has 2 aromatic carbocycles. The van der Waals surface area contributed by atoms with Crippen LogP contribution >= 0.6 is 11.3 Å². The van der Waals surface area contributed by atoms with Gasteiger partial charge in [0.15, 0.2) is 5.13 Å². The van der Waals surface area contributed by atoms with Gasteiger partial charge < -0.3 is 5.32 Å². The van der Waals surface area contributed by atoms with E-state index in [4.69, 9.17) is 0 Å². The minimum atomic E-state index is -0.496. The molecule has 2 N–H and O–H groups in total. The van der Waals surface area contributed by atoms with Gasteiger partial charge in [0.2, 0.25) is 0 Å². The Kier molecular flexibility index (Phi) is 5.83. The topological polar surface area (TPSA) is 108 Å². The molecule has 3 aromatic rings. The first-order chi connectivity index (χ1) is 15.3. The fourth-order valence-electron chi connectivity index (χ4n) is 3.40. The van der Waals surface area contributed by atoms with E-state index in [1.807, 2.05) is 13.8 Å². The number of nitrogens with one attached hydrogen (secondary N) is 2. The predicted molar refractivity (Wildman–Crippen MR) is 121 cm³/mol. The van der Waals surface area contributed by atoms with Crippen LogP contribution in [-0.4, -0.2) is 40.1 Å². The number of rotatable bonds is 6. The van der Waals surface area contributed by atoms with Crippen molar-refractivity contribution in [2.75, 3.05) is 17.2 Å². The van der Waals surface area contributed by atoms with Crippen LogP contribution in [0.5, 0.6) is 0 Å². The fraction of sp³-hybridized carbons (Fsp3) is 0.174. The number of amides is 4. The van der Waals surface area contributed by atoms with Crippen LogP contribution in [0.15, 0.2) is 54.0 Å². The highest BCUT2D eigenvalue weighted by atomic mass is 32.1. The van der Waals surface area contributed by atoms with E-state index in [1.54, 1.807) is 35.8 Å². The number of carbonyl (C=O) groups excluding carboxylic acids is 4. The Morgan fingerprint density at radius 2 is 1.75 bits per heavy atom. The fourth-order valence-corrected chi connectivity index (χ4v) is 3.92. The van der Waals surface area contributed by atoms with Crippen molar-refractivity contribution in [2.45, 2.75) is 13.8 Å². The number of anilines is 2. The van der Waals surface area contributed by atoms with Crippen molar-refractivity contribution in [3.05, 3.63) is 76.3 Å². The van der Waals surface area contributed by atoms with Crippen molar-refractivity contribution < 1.29 is 19.2 Å². The molecule has 1 aliphatic heterocycles. The number of benzene rings is 2. The van der Waals surface area contributed by atoms with Crippen LogP contribution in [-0.2, 0) is 0 Å². The quantitative estimate of drug-likeness (QED) is 0.556. The van der Waals surface area contributed by atoms with E-state index < -0.39 is 17.7 Å². The highest BCUT2D eigenvalue weighted by Gasteiger charge is 2.36. The van der Waals surface area contributed by atoms with E-state index in [0.29, 0.717) is 17.4 Å². The summed E-state index contributed by atoms with van der Waals surface area (Å²) < 4.78 is 0. The first-order valence-electron chi connectivity index (χ1n) is 9.96. The molecule has 0 fully saturated rings. The van der Waals surface area contributed by atoms with Crippen molar-refractivity contribution in [1.82, 2.24) is 9.88 Å². The van der Waals surface area contributed by atoms with Crippen molar-refractivity contribution in [1.29, 1.82) is 0 Å². The van der Waals surface area contributed by atoms with Gasteiger partial charge in [0.25, 0.3) is 23.6 Å². The lowest BCUT2D eigenvalue weighted by Gasteiger charge is -2.15. The third kappa shape index (κ3) is 4.15. The van der Waals surface area contributed by atoms with Crippen LogP contribution in [0.1, 0.15) is 55.3 Å². The van der Waals surface area contributed by atoms with Crippen molar-refractivity contribution >= 4 is 45.8 Å². The number of hydrogen-bond donors (Lipinski definition) is 2. The first-order valence-corrected chi connectivity index (χ1v) is 10.8. The third-order valence-electron chi connectivity index (χ3n) is 4.85. The maximum Gasteiger partial charge on any atom is 0.261 e. The zero-order chi connectivity index (χ0) is 22.8. The largest absolute Gasteiger partial charge is 0.321 e. The summed E-state index contributed by atoms with van der Waals surface area (Å²) in [4.78, 5) is 56.0. The van der Waals surface area contributed by atoms with Gasteiger partial charge in [-0.2, -0.15) is 0 Å². The molecule has 0 atom stereocenters. The lowest BCUT2D eigenvalue weighted by Crippen LogP contribution is -2.33. The lowest BCUT2D eigenvalue weighted by molar-refractivity contribution is 0.0635. The van der Waals surface area contributed by atoms with Gasteiger partial charge in [-0.1, -0.05) is 26.0 Å². The summed E-state index contributed by atoms with van der Waals surface area (Å²) in [5.41, 5.74) is 1.29. The van der Waals surface area contributed by atoms with Crippen LogP contribution in [0.4, 0.5) is 10.8 Å². The smallest absolute Gasteiger partial charge is 0.261 e. The zero-order valence-electron chi connectivity index (χ0n) is 17.4. The minimum Gasteiger partial charge on any atom is -0.321 e. The van der Waals surface area contributed by atoms with Gasteiger partial charge >= 0.3 is 0 Å². The minimum absolute atomic E-state index is 0.131. The van der Waals surface area contributed by atoms with Gasteiger partial charge in [0.1, 0.15) is 0 Å². The third-order valence-corrected chi connectivity index (χ3v) is 5.54. The summed E-state index contributed by atoms with van der Waals surface area (Å²) >= 11 is 1.28. The van der Waals surface area contributed by atoms with Crippen LogP contribution < -0.4 is 10.6 Å². The number of para-hydroxylation sites is 1. The van der Waals surface area contributed by atoms with Gasteiger partial charge in [-0.3, -0.25) is 29.4 Å². The van der Waals surface area contributed by atoms with Crippen LogP contribution in [0, 0.1) is 5.92 Å². The molecule has 162 valence electrons. The maximum absolute atomic E-state index is 12.9. The molecule has 1 aromatic heterocycles. The molecule has 32 heavy (non-hydrogen) atoms. The highest BCUT2D eigenvalue weighted by molar-refractivity contribution is 7.13. The Hall–Kier alpha value is -3.85. The average molecular weight is 449 g/mol. The van der Waals surface area contributed by atoms with Gasteiger partial charge in [-0.15, -0.1) is 11.3 Å². The molecule has 0 radical (unpaired) electrons. The van der Waals surface area contributed by atoms with Crippen LogP contribution in [0.2, 0.25) is 0 Å². The SMILES string of the molecule is CC(C)CN1C(=O)c2ccc(C(=O)Nc3ccccc3C(=O)Nc3nccs3)cc2C1=O. The molecular formula is C23H20N4O4S. The molecule has 0 aliphatic carbocycles. The van der Waals surface area contributed by atoms with Crippen LogP contribution in [0.3, 0.4) is 0 Å². The second-order valence-electron chi connectivity index (χ2n) is 7.67. The molecule has 4 amide bonds. The number of carbonyl (C=O) groups is 4. The van der Waals surface area contributed by atoms with E-state index in [-0.39, 0.29) is 34.1 Å². The molecule has 1 aliphatic rings. The Morgan fingerprint density at radius 3 is 2.47 bits per heavy atom. The average Bonchev–Trinajstić information content (AvgIpc) is 3.36. The van der Waals surface area contributed by atoms with Gasteiger partial charge in [-0.25, -0.2) is 4.98 Å². The number of hydrogen-bond acceptors (Lipinski definition) is 6. The Labute approximate surface area is 188 Å². The van der Waals surface area contributed by atoms with Gasteiger partial charge in [0, 0.05) is 23.7 Å². The van der Waals surface area contributed by atoms with E-state index in [0.717, 1.165) is 0 Å². The summed E-state index contributed by atoms with van der Waals surface area (Å²) in [5, 5.41) is 7.60. The highest BCUT2D eigenvalue weighted by Crippen LogP contribution is 2.26. The monoisotopic (exact) mass is 448 g/mol. The normalized spacial score (nSPS) is 12.8. The zero-order valence-corrected chi connectivity index (χ0v) is 18.2. The molecule has 4 rings (SSSR count). The Morgan fingerprint density at radius 1 is 1.00 bits per heavy atom. The van der Waals surface area contributed by atoms with Crippen LogP contribution in [0.25, 0.3) is 0 Å². The molecule has 9 heteroatoms. The van der Waals surface area contributed by atoms with Crippen molar-refractivity contribution in [3.63, 3.8) is 0 Å². The van der Waals surface area contributed by atoms with Gasteiger partial charge in [-0.05, 0) is 36.2 Å². The van der Waals surface area contributed by atoms with Crippen molar-refractivity contribution in [2.24, 2.45) is 5.92 Å². The molecule has 0 saturated heterocycles. The molecular weight excluding hydrogens is 428 g/mol. The molecule has 0 bridgehead atoms. The van der Waals surface area contributed by atoms with Crippen molar-refractivity contribution in [3.8, 4) is 0 Å². The van der Waals surface area contributed by atoms with E-state index in [2.05, 4.69) is 15.6 Å². The lowest BCUT2D eigenvalue weighted by atomic mass is 10.0. The predicted octanol–water partition coefficient (Wildman–Crippen LogP) is 3.90. The molecule has 0 saturated carbocycles. The van der Waals surface area contributed by atoms with E-state index in [9.17, 15) is 19.2 Å². The summed E-state index contributed by atoms with van der Waals surface area (Å²) in [6.45, 7) is 4.16. The molecule has 8 nitrogen and oxygen atoms in total. The van der Waals surface area contributed by atoms with Gasteiger partial charge in [0.05, 0.1) is 22.4 Å². The Bertz CT molecular complexity index is 1220. The number of fused-ring (bicyclic) bond motifs is 1. The summed E-state index contributed by atoms with van der Waals surface area (Å²) in [6.07, 6.45) is 1.58. The summed E-state index contributed by atoms with van der Waals surface area (Å²) in [7, 11) is 0. The number of nitrogens with zero attached hydrogens (tertiary/aromatic N) is 2. The second kappa shape index (κ2) is 8.72. The summed E-state index contributed by atoms with van der Waals surface area (Å²) in [5.74, 6) is -1.53. The molecule has 0 unspecified atom stereocenters. The van der Waals surface area contributed by atoms with E-state index in [1.165, 1.54) is 34.4 Å². The number of imide groups is 1.